The molecule has 0 aliphatic carbocycles. The number of nitrogens with two attached hydrogens (primary N) is 1. The van der Waals surface area contributed by atoms with Crippen LogP contribution in [0, 0.1) is 0 Å². The standard InChI is InChI=1S/C16H14BrF2NO/c17-11-4-5-14-12(7-11)13(20)8-15(21-14)9-2-1-3-10(6-9)16(18)19/h1-7,13,15-16H,8,20H2/t13-,15?/m1/s1. The first-order valence-electron chi connectivity index (χ1n) is 6.64. The summed E-state index contributed by atoms with van der Waals surface area (Å²) in [6.45, 7) is 0. The molecule has 0 saturated carbocycles. The minimum atomic E-state index is -2.48. The minimum Gasteiger partial charge on any atom is -0.485 e. The van der Waals surface area contributed by atoms with E-state index in [0.717, 1.165) is 15.6 Å². The molecule has 0 radical (unpaired) electrons. The second-order valence-corrected chi connectivity index (χ2v) is 6.02. The molecule has 1 heterocycles. The van der Waals surface area contributed by atoms with E-state index >= 15 is 0 Å². The highest BCUT2D eigenvalue weighted by atomic mass is 79.9. The summed E-state index contributed by atoms with van der Waals surface area (Å²) in [5, 5.41) is 0. The van der Waals surface area contributed by atoms with E-state index in [9.17, 15) is 8.78 Å². The SMILES string of the molecule is N[C@@H]1CC(c2cccc(C(F)F)c2)Oc2ccc(Br)cc21. The lowest BCUT2D eigenvalue weighted by Crippen LogP contribution is -2.24. The largest absolute Gasteiger partial charge is 0.485 e. The van der Waals surface area contributed by atoms with Gasteiger partial charge in [0.1, 0.15) is 11.9 Å². The van der Waals surface area contributed by atoms with Crippen LogP contribution in [-0.2, 0) is 0 Å². The van der Waals surface area contributed by atoms with Crippen LogP contribution in [0.25, 0.3) is 0 Å². The van der Waals surface area contributed by atoms with Gasteiger partial charge in [-0.15, -0.1) is 0 Å². The molecule has 3 rings (SSSR count). The Bertz CT molecular complexity index is 662. The van der Waals surface area contributed by atoms with E-state index in [4.69, 9.17) is 10.5 Å². The van der Waals surface area contributed by atoms with Gasteiger partial charge in [0.2, 0.25) is 0 Å². The Hall–Kier alpha value is -1.46. The number of rotatable bonds is 2. The first kappa shape index (κ1) is 14.5. The Kier molecular flexibility index (Phi) is 3.95. The summed E-state index contributed by atoms with van der Waals surface area (Å²) >= 11 is 3.41. The van der Waals surface area contributed by atoms with Gasteiger partial charge in [-0.05, 0) is 29.8 Å². The Morgan fingerprint density at radius 1 is 1.19 bits per heavy atom. The molecule has 2 nitrogen and oxygen atoms in total. The van der Waals surface area contributed by atoms with Crippen molar-refractivity contribution in [3.63, 3.8) is 0 Å². The first-order valence-corrected chi connectivity index (χ1v) is 7.43. The molecule has 110 valence electrons. The molecule has 2 atom stereocenters. The van der Waals surface area contributed by atoms with Crippen LogP contribution in [0.4, 0.5) is 8.78 Å². The fraction of sp³-hybridized carbons (Fsp3) is 0.250. The molecule has 1 aliphatic heterocycles. The van der Waals surface area contributed by atoms with E-state index in [1.54, 1.807) is 12.1 Å². The lowest BCUT2D eigenvalue weighted by atomic mass is 9.93. The van der Waals surface area contributed by atoms with Crippen molar-refractivity contribution in [3.05, 3.63) is 63.6 Å². The van der Waals surface area contributed by atoms with Crippen LogP contribution in [0.15, 0.2) is 46.9 Å². The van der Waals surface area contributed by atoms with Gasteiger partial charge < -0.3 is 10.5 Å². The Balaban J connectivity index is 1.92. The topological polar surface area (TPSA) is 35.2 Å². The molecule has 2 N–H and O–H groups in total. The predicted octanol–water partition coefficient (Wildman–Crippen LogP) is 4.91. The van der Waals surface area contributed by atoms with Crippen molar-refractivity contribution in [1.82, 2.24) is 0 Å². The lowest BCUT2D eigenvalue weighted by Gasteiger charge is -2.31. The van der Waals surface area contributed by atoms with E-state index < -0.39 is 6.43 Å². The van der Waals surface area contributed by atoms with Crippen molar-refractivity contribution in [1.29, 1.82) is 0 Å². The molecule has 1 aliphatic rings. The summed E-state index contributed by atoms with van der Waals surface area (Å²) in [5.41, 5.74) is 7.87. The molecule has 2 aromatic carbocycles. The number of ether oxygens (including phenoxy) is 1. The highest BCUT2D eigenvalue weighted by Crippen LogP contribution is 2.41. The van der Waals surface area contributed by atoms with E-state index in [0.29, 0.717) is 12.2 Å². The van der Waals surface area contributed by atoms with E-state index in [2.05, 4.69) is 15.9 Å². The molecule has 0 fully saturated rings. The molecule has 0 amide bonds. The predicted molar refractivity (Wildman–Crippen MR) is 80.5 cm³/mol. The van der Waals surface area contributed by atoms with Crippen LogP contribution in [0.1, 0.15) is 41.7 Å². The Morgan fingerprint density at radius 2 is 2.00 bits per heavy atom. The second-order valence-electron chi connectivity index (χ2n) is 5.10. The third kappa shape index (κ3) is 2.94. The van der Waals surface area contributed by atoms with Crippen LogP contribution in [0.2, 0.25) is 0 Å². The zero-order valence-corrected chi connectivity index (χ0v) is 12.7. The average Bonchev–Trinajstić information content (AvgIpc) is 2.48. The molecular weight excluding hydrogens is 340 g/mol. The number of hydrogen-bond donors (Lipinski definition) is 1. The van der Waals surface area contributed by atoms with E-state index in [-0.39, 0.29) is 17.7 Å². The fourth-order valence-corrected chi connectivity index (χ4v) is 2.95. The minimum absolute atomic E-state index is 0.00581. The summed E-state index contributed by atoms with van der Waals surface area (Å²) < 4.78 is 32.5. The van der Waals surface area contributed by atoms with Crippen molar-refractivity contribution < 1.29 is 13.5 Å². The van der Waals surface area contributed by atoms with Gasteiger partial charge in [-0.1, -0.05) is 34.1 Å². The monoisotopic (exact) mass is 353 g/mol. The van der Waals surface area contributed by atoms with Gasteiger partial charge in [0.25, 0.3) is 6.43 Å². The number of fused-ring (bicyclic) bond motifs is 1. The van der Waals surface area contributed by atoms with Crippen LogP contribution in [-0.4, -0.2) is 0 Å². The highest BCUT2D eigenvalue weighted by Gasteiger charge is 2.27. The zero-order chi connectivity index (χ0) is 15.0. The summed E-state index contributed by atoms with van der Waals surface area (Å²) in [5.74, 6) is 0.712. The van der Waals surface area contributed by atoms with E-state index in [1.165, 1.54) is 12.1 Å². The maximum atomic E-state index is 12.8. The van der Waals surface area contributed by atoms with Gasteiger partial charge in [-0.3, -0.25) is 0 Å². The molecule has 2 aromatic rings. The molecule has 0 aromatic heterocycles. The smallest absolute Gasteiger partial charge is 0.263 e. The maximum Gasteiger partial charge on any atom is 0.263 e. The van der Waals surface area contributed by atoms with Crippen molar-refractivity contribution >= 4 is 15.9 Å². The van der Waals surface area contributed by atoms with Gasteiger partial charge in [-0.2, -0.15) is 0 Å². The van der Waals surface area contributed by atoms with Crippen LogP contribution in [0.3, 0.4) is 0 Å². The maximum absolute atomic E-state index is 12.8. The van der Waals surface area contributed by atoms with Crippen molar-refractivity contribution in [2.75, 3.05) is 0 Å². The van der Waals surface area contributed by atoms with Gasteiger partial charge >= 0.3 is 0 Å². The second kappa shape index (κ2) is 5.73. The molecule has 0 saturated heterocycles. The third-order valence-electron chi connectivity index (χ3n) is 3.64. The fourth-order valence-electron chi connectivity index (χ4n) is 2.57. The van der Waals surface area contributed by atoms with Gasteiger partial charge in [-0.25, -0.2) is 8.78 Å². The number of benzene rings is 2. The van der Waals surface area contributed by atoms with Crippen molar-refractivity contribution in [3.8, 4) is 5.75 Å². The number of hydrogen-bond acceptors (Lipinski definition) is 2. The van der Waals surface area contributed by atoms with Gasteiger partial charge in [0.15, 0.2) is 0 Å². The first-order chi connectivity index (χ1) is 10.0. The van der Waals surface area contributed by atoms with Gasteiger partial charge in [0.05, 0.1) is 0 Å². The van der Waals surface area contributed by atoms with Gasteiger partial charge in [0, 0.05) is 28.1 Å². The molecule has 21 heavy (non-hydrogen) atoms. The molecule has 5 heteroatoms. The zero-order valence-electron chi connectivity index (χ0n) is 11.1. The normalized spacial score (nSPS) is 21.0. The molecular formula is C16H14BrF2NO. The average molecular weight is 354 g/mol. The summed E-state index contributed by atoms with van der Waals surface area (Å²) in [6.07, 6.45) is -2.21. The third-order valence-corrected chi connectivity index (χ3v) is 4.14. The summed E-state index contributed by atoms with van der Waals surface area (Å²) in [7, 11) is 0. The molecule has 1 unspecified atom stereocenters. The quantitative estimate of drug-likeness (QED) is 0.832. The lowest BCUT2D eigenvalue weighted by molar-refractivity contribution is 0.148. The Labute approximate surface area is 130 Å². The highest BCUT2D eigenvalue weighted by molar-refractivity contribution is 9.10. The van der Waals surface area contributed by atoms with Crippen molar-refractivity contribution in [2.24, 2.45) is 5.73 Å². The van der Waals surface area contributed by atoms with Crippen molar-refractivity contribution in [2.45, 2.75) is 25.0 Å². The van der Waals surface area contributed by atoms with Crippen LogP contribution < -0.4 is 10.5 Å². The summed E-state index contributed by atoms with van der Waals surface area (Å²) in [6, 6.07) is 11.8. The number of alkyl halides is 2. The molecule has 0 bridgehead atoms. The summed E-state index contributed by atoms with van der Waals surface area (Å²) in [4.78, 5) is 0. The van der Waals surface area contributed by atoms with Crippen LogP contribution in [0.5, 0.6) is 5.75 Å². The molecule has 0 spiro atoms. The number of halogens is 3. The van der Waals surface area contributed by atoms with Crippen LogP contribution >= 0.6 is 15.9 Å². The van der Waals surface area contributed by atoms with E-state index in [1.807, 2.05) is 18.2 Å². The Morgan fingerprint density at radius 3 is 2.76 bits per heavy atom.